The fourth-order valence-electron chi connectivity index (χ4n) is 7.42. The zero-order valence-corrected chi connectivity index (χ0v) is 22.8. The summed E-state index contributed by atoms with van der Waals surface area (Å²) in [6.07, 6.45) is 17.2. The minimum absolute atomic E-state index is 0.204. The van der Waals surface area contributed by atoms with Crippen molar-refractivity contribution in [3.05, 3.63) is 24.3 Å². The molecule has 5 rings (SSSR count). The summed E-state index contributed by atoms with van der Waals surface area (Å²) in [7, 11) is 0. The highest BCUT2D eigenvalue weighted by molar-refractivity contribution is 6.44. The largest absolute Gasteiger partial charge is 0.479 e. The van der Waals surface area contributed by atoms with Gasteiger partial charge in [0.1, 0.15) is 11.4 Å². The van der Waals surface area contributed by atoms with Crippen LogP contribution >= 0.6 is 0 Å². The molecule has 8 nitrogen and oxygen atoms in total. The van der Waals surface area contributed by atoms with Crippen molar-refractivity contribution in [3.63, 3.8) is 0 Å². The highest BCUT2D eigenvalue weighted by Crippen LogP contribution is 2.44. The lowest BCUT2D eigenvalue weighted by molar-refractivity contribution is -0.142. The van der Waals surface area contributed by atoms with E-state index in [0.29, 0.717) is 29.5 Å². The molecule has 3 unspecified atom stereocenters. The number of fused-ring (bicyclic) bond motifs is 3. The maximum Gasteiger partial charge on any atom is 0.344 e. The molecule has 8 heteroatoms. The highest BCUT2D eigenvalue weighted by Gasteiger charge is 2.45. The van der Waals surface area contributed by atoms with Gasteiger partial charge in [-0.1, -0.05) is 68.7 Å². The number of oxime groups is 1. The van der Waals surface area contributed by atoms with E-state index in [1.54, 1.807) is 6.92 Å². The van der Waals surface area contributed by atoms with Gasteiger partial charge in [0.15, 0.2) is 6.23 Å². The predicted octanol–water partition coefficient (Wildman–Crippen LogP) is 5.65. The van der Waals surface area contributed by atoms with Gasteiger partial charge in [-0.3, -0.25) is 4.90 Å². The lowest BCUT2D eigenvalue weighted by Crippen LogP contribution is -2.62. The minimum Gasteiger partial charge on any atom is -0.479 e. The second-order valence-corrected chi connectivity index (χ2v) is 11.6. The van der Waals surface area contributed by atoms with Crippen LogP contribution in [0, 0.1) is 0 Å². The number of nitrogens with zero attached hydrogens (tertiary/aromatic N) is 4. The Bertz CT molecular complexity index is 1000. The molecule has 208 valence electrons. The summed E-state index contributed by atoms with van der Waals surface area (Å²) < 4.78 is 0. The molecule has 1 saturated carbocycles. The molecule has 3 aliphatic heterocycles. The first-order chi connectivity index (χ1) is 18.5. The van der Waals surface area contributed by atoms with Crippen LogP contribution < -0.4 is 4.90 Å². The van der Waals surface area contributed by atoms with Crippen molar-refractivity contribution in [1.29, 1.82) is 0 Å². The van der Waals surface area contributed by atoms with Crippen LogP contribution in [0.4, 0.5) is 11.4 Å². The number of anilines is 1. The Morgan fingerprint density at radius 3 is 2.18 bits per heavy atom. The second-order valence-electron chi connectivity index (χ2n) is 11.6. The number of aliphatic imine (C=N–C) groups is 1. The van der Waals surface area contributed by atoms with Crippen LogP contribution in [0.25, 0.3) is 0 Å². The molecule has 0 radical (unpaired) electrons. The average Bonchev–Trinajstić information content (AvgIpc) is 2.90. The van der Waals surface area contributed by atoms with Gasteiger partial charge in [0.25, 0.3) is 0 Å². The van der Waals surface area contributed by atoms with E-state index >= 15 is 0 Å². The maximum absolute atomic E-state index is 11.6. The minimum atomic E-state index is -1.09. The molecular weight excluding hydrogens is 480 g/mol. The lowest BCUT2D eigenvalue weighted by Gasteiger charge is -2.55. The number of hydrogen-bond donors (Lipinski definition) is 2. The summed E-state index contributed by atoms with van der Waals surface area (Å²) in [6, 6.07) is 9.99. The normalized spacial score (nSPS) is 29.8. The molecule has 0 amide bonds. The molecule has 3 fully saturated rings. The van der Waals surface area contributed by atoms with E-state index in [9.17, 15) is 9.90 Å². The first kappa shape index (κ1) is 27.1. The summed E-state index contributed by atoms with van der Waals surface area (Å²) in [6.45, 7) is 1.19. The van der Waals surface area contributed by atoms with Crippen LogP contribution in [0.5, 0.6) is 0 Å². The smallest absolute Gasteiger partial charge is 0.344 e. The SMILES string of the molecule is CC(=NOCC(=O)O)C1=Nc2ccccc2N(C2CC3CCCC(C2)N3C2CCCCCCCCC2)C1O. The van der Waals surface area contributed by atoms with E-state index in [0.717, 1.165) is 24.2 Å². The Hall–Kier alpha value is -2.45. The standard InChI is InChI=1S/C30H44N4O4/c1-21(32-38-20-28(35)36)29-30(37)34(27-17-10-9-16-26(27)31-29)25-18-23-14-11-15-24(19-25)33(23)22-12-7-5-3-2-4-6-8-13-22/h9-10,16-17,22-25,30,37H,2-8,11-15,18-20H2,1H3,(H,35,36). The summed E-state index contributed by atoms with van der Waals surface area (Å²) in [5, 5.41) is 24.5. The molecule has 1 aromatic rings. The van der Waals surface area contributed by atoms with E-state index in [1.807, 2.05) is 18.2 Å². The van der Waals surface area contributed by atoms with Gasteiger partial charge >= 0.3 is 5.97 Å². The summed E-state index contributed by atoms with van der Waals surface area (Å²) in [5.74, 6) is -1.09. The van der Waals surface area contributed by atoms with Crippen LogP contribution in [0.2, 0.25) is 0 Å². The van der Waals surface area contributed by atoms with E-state index < -0.39 is 18.8 Å². The third-order valence-corrected chi connectivity index (χ3v) is 9.07. The van der Waals surface area contributed by atoms with Crippen LogP contribution in [0.1, 0.15) is 96.8 Å². The van der Waals surface area contributed by atoms with Gasteiger partial charge in [-0.2, -0.15) is 0 Å². The number of carboxylic acid groups (broad SMARTS) is 1. The Labute approximate surface area is 226 Å². The topological polar surface area (TPSA) is 98.0 Å². The van der Waals surface area contributed by atoms with Crippen LogP contribution in [-0.4, -0.2) is 69.5 Å². The van der Waals surface area contributed by atoms with Gasteiger partial charge in [-0.05, 0) is 57.6 Å². The van der Waals surface area contributed by atoms with Gasteiger partial charge < -0.3 is 20.0 Å². The maximum atomic E-state index is 11.6. The molecule has 2 N–H and O–H groups in total. The zero-order chi connectivity index (χ0) is 26.5. The number of aliphatic hydroxyl groups is 1. The van der Waals surface area contributed by atoms with Crippen molar-refractivity contribution in [1.82, 2.24) is 4.90 Å². The number of carbonyl (C=O) groups is 1. The van der Waals surface area contributed by atoms with Gasteiger partial charge in [-0.15, -0.1) is 0 Å². The number of piperidine rings is 2. The monoisotopic (exact) mass is 524 g/mol. The van der Waals surface area contributed by atoms with E-state index in [-0.39, 0.29) is 6.04 Å². The van der Waals surface area contributed by atoms with E-state index in [2.05, 4.69) is 21.0 Å². The van der Waals surface area contributed by atoms with Gasteiger partial charge in [0.2, 0.25) is 6.61 Å². The number of aliphatic carboxylic acids is 1. The molecule has 2 saturated heterocycles. The predicted molar refractivity (Wildman–Crippen MR) is 150 cm³/mol. The van der Waals surface area contributed by atoms with Crippen molar-refractivity contribution in [3.8, 4) is 0 Å². The summed E-state index contributed by atoms with van der Waals surface area (Å²) in [5.41, 5.74) is 2.59. The van der Waals surface area contributed by atoms with Crippen molar-refractivity contribution in [2.75, 3.05) is 11.5 Å². The molecular formula is C30H44N4O4. The van der Waals surface area contributed by atoms with Gasteiger partial charge in [0.05, 0.1) is 11.4 Å². The number of carboxylic acids is 1. The Kier molecular flexibility index (Phi) is 9.00. The van der Waals surface area contributed by atoms with Crippen molar-refractivity contribution < 1.29 is 19.8 Å². The zero-order valence-electron chi connectivity index (χ0n) is 22.8. The third kappa shape index (κ3) is 6.07. The molecule has 38 heavy (non-hydrogen) atoms. The molecule has 2 bridgehead atoms. The highest BCUT2D eigenvalue weighted by atomic mass is 16.6. The van der Waals surface area contributed by atoms with Gasteiger partial charge in [0, 0.05) is 24.2 Å². The van der Waals surface area contributed by atoms with Crippen molar-refractivity contribution in [2.45, 2.75) is 127 Å². The van der Waals surface area contributed by atoms with E-state index in [1.165, 1.54) is 77.0 Å². The number of benzene rings is 1. The molecule has 4 aliphatic rings. The summed E-state index contributed by atoms with van der Waals surface area (Å²) >= 11 is 0. The van der Waals surface area contributed by atoms with Crippen LogP contribution in [0.15, 0.2) is 34.4 Å². The number of aliphatic hydroxyl groups excluding tert-OH is 1. The van der Waals surface area contributed by atoms with Crippen LogP contribution in [-0.2, 0) is 9.63 Å². The Balaban J connectivity index is 1.37. The van der Waals surface area contributed by atoms with E-state index in [4.69, 9.17) is 14.9 Å². The summed E-state index contributed by atoms with van der Waals surface area (Å²) in [4.78, 5) is 25.6. The quantitative estimate of drug-likeness (QED) is 0.368. The van der Waals surface area contributed by atoms with Crippen molar-refractivity contribution in [2.24, 2.45) is 10.1 Å². The lowest BCUT2D eigenvalue weighted by atomic mass is 9.78. The fraction of sp³-hybridized carbons (Fsp3) is 0.700. The van der Waals surface area contributed by atoms with Crippen molar-refractivity contribution >= 4 is 28.8 Å². The molecule has 1 aromatic carbocycles. The first-order valence-corrected chi connectivity index (χ1v) is 14.8. The van der Waals surface area contributed by atoms with Gasteiger partial charge in [-0.25, -0.2) is 9.79 Å². The Morgan fingerprint density at radius 2 is 1.53 bits per heavy atom. The van der Waals surface area contributed by atoms with Crippen LogP contribution in [0.3, 0.4) is 0 Å². The molecule has 0 spiro atoms. The number of rotatable bonds is 6. The molecule has 0 aromatic heterocycles. The molecule has 1 aliphatic carbocycles. The average molecular weight is 525 g/mol. The molecule has 3 heterocycles. The number of hydrogen-bond acceptors (Lipinski definition) is 7. The first-order valence-electron chi connectivity index (χ1n) is 14.8. The fourth-order valence-corrected chi connectivity index (χ4v) is 7.42. The Morgan fingerprint density at radius 1 is 0.921 bits per heavy atom. The second kappa shape index (κ2) is 12.6. The molecule has 3 atom stereocenters. The third-order valence-electron chi connectivity index (χ3n) is 9.07. The number of para-hydroxylation sites is 2.